The summed E-state index contributed by atoms with van der Waals surface area (Å²) in [5, 5.41) is 3.54. The molecule has 2 unspecified atom stereocenters. The van der Waals surface area contributed by atoms with E-state index in [1.54, 1.807) is 0 Å². The minimum atomic E-state index is -0.156. The first-order valence-electron chi connectivity index (χ1n) is 8.57. The molecule has 2 aliphatic rings. The van der Waals surface area contributed by atoms with Crippen LogP contribution in [0, 0.1) is 6.92 Å². The molecule has 24 heavy (non-hydrogen) atoms. The largest absolute Gasteiger partial charge is 0.376 e. The first-order chi connectivity index (χ1) is 11.7. The lowest BCUT2D eigenvalue weighted by Gasteiger charge is -2.39. The quantitative estimate of drug-likeness (QED) is 0.936. The summed E-state index contributed by atoms with van der Waals surface area (Å²) in [5.41, 5.74) is 3.94. The highest BCUT2D eigenvalue weighted by Crippen LogP contribution is 2.34. The number of anilines is 1. The summed E-state index contributed by atoms with van der Waals surface area (Å²) < 4.78 is 5.78. The van der Waals surface area contributed by atoms with E-state index >= 15 is 0 Å². The molecule has 1 fully saturated rings. The molecular weight excluding hydrogens is 300 g/mol. The molecule has 1 saturated heterocycles. The number of fused-ring (bicyclic) bond motifs is 1. The van der Waals surface area contributed by atoms with E-state index < -0.39 is 0 Å². The minimum Gasteiger partial charge on any atom is -0.376 e. The third-order valence-corrected chi connectivity index (χ3v) is 4.80. The predicted octanol–water partition coefficient (Wildman–Crippen LogP) is 3.74. The summed E-state index contributed by atoms with van der Waals surface area (Å²) in [6.07, 6.45) is 2.07. The van der Waals surface area contributed by atoms with Gasteiger partial charge in [-0.1, -0.05) is 42.0 Å². The molecule has 2 aliphatic heterocycles. The van der Waals surface area contributed by atoms with E-state index in [4.69, 9.17) is 4.74 Å². The number of hydrogen-bond acceptors (Lipinski definition) is 3. The summed E-state index contributed by atoms with van der Waals surface area (Å²) >= 11 is 0. The fourth-order valence-electron chi connectivity index (χ4n) is 3.59. The van der Waals surface area contributed by atoms with Crippen molar-refractivity contribution in [1.82, 2.24) is 4.90 Å². The van der Waals surface area contributed by atoms with Gasteiger partial charge in [0.1, 0.15) is 6.17 Å². The number of carbonyl (C=O) groups is 1. The van der Waals surface area contributed by atoms with Gasteiger partial charge >= 0.3 is 0 Å². The molecule has 2 aromatic carbocycles. The van der Waals surface area contributed by atoms with Crippen molar-refractivity contribution in [2.75, 3.05) is 18.5 Å². The van der Waals surface area contributed by atoms with Crippen LogP contribution in [-0.2, 0) is 4.74 Å². The van der Waals surface area contributed by atoms with Gasteiger partial charge in [-0.05, 0) is 37.5 Å². The fraction of sp³-hybridized carbons (Fsp3) is 0.350. The van der Waals surface area contributed by atoms with E-state index in [1.807, 2.05) is 35.2 Å². The van der Waals surface area contributed by atoms with Crippen molar-refractivity contribution >= 4 is 11.6 Å². The van der Waals surface area contributed by atoms with E-state index in [0.29, 0.717) is 6.54 Å². The Balaban J connectivity index is 1.72. The van der Waals surface area contributed by atoms with Gasteiger partial charge in [0, 0.05) is 18.8 Å². The third-order valence-electron chi connectivity index (χ3n) is 4.80. The van der Waals surface area contributed by atoms with Crippen LogP contribution in [0.5, 0.6) is 0 Å². The van der Waals surface area contributed by atoms with Gasteiger partial charge in [0.25, 0.3) is 5.91 Å². The van der Waals surface area contributed by atoms with E-state index in [0.717, 1.165) is 36.3 Å². The standard InChI is InChI=1S/C20H22N2O2/c1-14-6-4-7-15(12-14)19-21-18-10-3-2-9-17(18)20(23)22(19)13-16-8-5-11-24-16/h2-4,6-7,9-10,12,16,19,21H,5,8,11,13H2,1H3. The Labute approximate surface area is 142 Å². The lowest BCUT2D eigenvalue weighted by Crippen LogP contribution is -2.46. The van der Waals surface area contributed by atoms with Gasteiger partial charge in [0.2, 0.25) is 0 Å². The van der Waals surface area contributed by atoms with Crippen molar-refractivity contribution in [3.05, 3.63) is 65.2 Å². The molecule has 0 spiro atoms. The van der Waals surface area contributed by atoms with E-state index in [9.17, 15) is 4.79 Å². The number of ether oxygens (including phenoxy) is 1. The summed E-state index contributed by atoms with van der Waals surface area (Å²) in [6.45, 7) is 3.50. The molecule has 2 atom stereocenters. The van der Waals surface area contributed by atoms with Crippen LogP contribution in [0.4, 0.5) is 5.69 Å². The van der Waals surface area contributed by atoms with Crippen molar-refractivity contribution in [3.63, 3.8) is 0 Å². The van der Waals surface area contributed by atoms with Crippen molar-refractivity contribution in [1.29, 1.82) is 0 Å². The Morgan fingerprint density at radius 3 is 2.88 bits per heavy atom. The summed E-state index contributed by atoms with van der Waals surface area (Å²) in [6, 6.07) is 16.1. The highest BCUT2D eigenvalue weighted by Gasteiger charge is 2.35. The predicted molar refractivity (Wildman–Crippen MR) is 94.0 cm³/mol. The van der Waals surface area contributed by atoms with Crippen molar-refractivity contribution in [2.24, 2.45) is 0 Å². The maximum Gasteiger partial charge on any atom is 0.257 e. The number of nitrogens with zero attached hydrogens (tertiary/aromatic N) is 1. The maximum atomic E-state index is 13.1. The van der Waals surface area contributed by atoms with E-state index in [2.05, 4.69) is 30.4 Å². The molecule has 1 amide bonds. The van der Waals surface area contributed by atoms with Gasteiger partial charge in [0.05, 0.1) is 11.7 Å². The lowest BCUT2D eigenvalue weighted by molar-refractivity contribution is 0.0427. The van der Waals surface area contributed by atoms with Crippen LogP contribution >= 0.6 is 0 Å². The SMILES string of the molecule is Cc1cccc(C2Nc3ccccc3C(=O)N2CC2CCCO2)c1. The molecule has 4 nitrogen and oxygen atoms in total. The highest BCUT2D eigenvalue weighted by atomic mass is 16.5. The number of aryl methyl sites for hydroxylation is 1. The molecule has 0 aromatic heterocycles. The zero-order chi connectivity index (χ0) is 16.5. The zero-order valence-corrected chi connectivity index (χ0v) is 13.9. The first-order valence-corrected chi connectivity index (χ1v) is 8.57. The molecule has 2 heterocycles. The van der Waals surface area contributed by atoms with Gasteiger partial charge in [-0.3, -0.25) is 4.79 Å². The Morgan fingerprint density at radius 2 is 2.08 bits per heavy atom. The Kier molecular flexibility index (Phi) is 3.98. The molecule has 1 N–H and O–H groups in total. The summed E-state index contributed by atoms with van der Waals surface area (Å²) in [4.78, 5) is 15.0. The van der Waals surface area contributed by atoms with Crippen LogP contribution in [0.3, 0.4) is 0 Å². The van der Waals surface area contributed by atoms with Crippen molar-refractivity contribution < 1.29 is 9.53 Å². The number of nitrogens with one attached hydrogen (secondary N) is 1. The second-order valence-electron chi connectivity index (χ2n) is 6.60. The monoisotopic (exact) mass is 322 g/mol. The lowest BCUT2D eigenvalue weighted by atomic mass is 10.0. The van der Waals surface area contributed by atoms with Crippen LogP contribution in [0.15, 0.2) is 48.5 Å². The number of para-hydroxylation sites is 1. The van der Waals surface area contributed by atoms with Crippen LogP contribution in [0.2, 0.25) is 0 Å². The first kappa shape index (κ1) is 15.2. The van der Waals surface area contributed by atoms with Gasteiger partial charge in [-0.2, -0.15) is 0 Å². The van der Waals surface area contributed by atoms with Crippen molar-refractivity contribution in [2.45, 2.75) is 32.0 Å². The molecule has 0 radical (unpaired) electrons. The number of hydrogen-bond donors (Lipinski definition) is 1. The third kappa shape index (κ3) is 2.78. The number of carbonyl (C=O) groups excluding carboxylic acids is 1. The molecule has 4 heteroatoms. The number of amides is 1. The average molecular weight is 322 g/mol. The van der Waals surface area contributed by atoms with Gasteiger partial charge in [-0.15, -0.1) is 0 Å². The zero-order valence-electron chi connectivity index (χ0n) is 13.9. The Bertz CT molecular complexity index is 753. The van der Waals surface area contributed by atoms with E-state index in [1.165, 1.54) is 5.56 Å². The Hall–Kier alpha value is -2.33. The van der Waals surface area contributed by atoms with Gasteiger partial charge in [-0.25, -0.2) is 0 Å². The molecule has 124 valence electrons. The molecule has 4 rings (SSSR count). The summed E-state index contributed by atoms with van der Waals surface area (Å²) in [7, 11) is 0. The maximum absolute atomic E-state index is 13.1. The molecular formula is C20H22N2O2. The van der Waals surface area contributed by atoms with Crippen LogP contribution in [-0.4, -0.2) is 30.1 Å². The van der Waals surface area contributed by atoms with Gasteiger partial charge in [0.15, 0.2) is 0 Å². The van der Waals surface area contributed by atoms with E-state index in [-0.39, 0.29) is 18.2 Å². The van der Waals surface area contributed by atoms with Gasteiger partial charge < -0.3 is 15.0 Å². The topological polar surface area (TPSA) is 41.6 Å². The molecule has 0 saturated carbocycles. The molecule has 0 bridgehead atoms. The smallest absolute Gasteiger partial charge is 0.257 e. The van der Waals surface area contributed by atoms with Crippen LogP contribution in [0.25, 0.3) is 0 Å². The second kappa shape index (κ2) is 6.29. The summed E-state index contributed by atoms with van der Waals surface area (Å²) in [5.74, 6) is 0.0753. The fourth-order valence-corrected chi connectivity index (χ4v) is 3.59. The average Bonchev–Trinajstić information content (AvgIpc) is 3.10. The Morgan fingerprint density at radius 1 is 1.21 bits per heavy atom. The number of benzene rings is 2. The molecule has 2 aromatic rings. The number of rotatable bonds is 3. The highest BCUT2D eigenvalue weighted by molar-refractivity contribution is 6.01. The van der Waals surface area contributed by atoms with Crippen molar-refractivity contribution in [3.8, 4) is 0 Å². The normalized spacial score (nSPS) is 23.0. The molecule has 0 aliphatic carbocycles. The van der Waals surface area contributed by atoms with Crippen LogP contribution < -0.4 is 5.32 Å². The van der Waals surface area contributed by atoms with Crippen LogP contribution in [0.1, 0.15) is 40.5 Å². The minimum absolute atomic E-state index is 0.0753. The second-order valence-corrected chi connectivity index (χ2v) is 6.60.